The Labute approximate surface area is 182 Å². The van der Waals surface area contributed by atoms with Crippen molar-refractivity contribution in [2.24, 2.45) is 0 Å². The van der Waals surface area contributed by atoms with Gasteiger partial charge in [0.2, 0.25) is 17.7 Å². The number of aliphatic carboxylic acids is 2. The normalized spacial score (nSPS) is 18.2. The zero-order chi connectivity index (χ0) is 23.7. The lowest BCUT2D eigenvalue weighted by Gasteiger charge is -2.24. The molecule has 0 aliphatic carbocycles. The van der Waals surface area contributed by atoms with E-state index in [2.05, 4.69) is 25.9 Å². The molecule has 1 aliphatic heterocycles. The Morgan fingerprint density at radius 1 is 1.06 bits per heavy atom. The largest absolute Gasteiger partial charge is 0.481 e. The van der Waals surface area contributed by atoms with Crippen molar-refractivity contribution >= 4 is 29.7 Å². The fraction of sp³-hybridized carbons (Fsp3) is 0.556. The molecule has 4 atom stereocenters. The number of imidazole rings is 1. The highest BCUT2D eigenvalue weighted by Gasteiger charge is 2.32. The number of carboxylic acids is 2. The second-order valence-corrected chi connectivity index (χ2v) is 7.23. The van der Waals surface area contributed by atoms with E-state index in [1.54, 1.807) is 0 Å². The first-order chi connectivity index (χ1) is 15.2. The van der Waals surface area contributed by atoms with Crippen molar-refractivity contribution in [3.05, 3.63) is 18.2 Å². The Kier molecular flexibility index (Phi) is 9.09. The molecule has 3 amide bonds. The molecule has 32 heavy (non-hydrogen) atoms. The Morgan fingerprint density at radius 2 is 1.75 bits per heavy atom. The van der Waals surface area contributed by atoms with Gasteiger partial charge < -0.3 is 41.6 Å². The SMILES string of the molecule is O=C(O)CC(NC(=O)C(Cc1cnc[nH]1)NC(=O)C1CCCN1)C(=O)NC(CO)C(=O)O. The summed E-state index contributed by atoms with van der Waals surface area (Å²) in [5, 5.41) is 36.9. The summed E-state index contributed by atoms with van der Waals surface area (Å²) in [5.74, 6) is -5.33. The monoisotopic (exact) mass is 454 g/mol. The number of hydrogen-bond donors (Lipinski definition) is 8. The molecule has 0 aromatic carbocycles. The van der Waals surface area contributed by atoms with E-state index >= 15 is 0 Å². The van der Waals surface area contributed by atoms with Gasteiger partial charge in [0.05, 0.1) is 25.4 Å². The molecular formula is C18H26N6O8. The van der Waals surface area contributed by atoms with Crippen LogP contribution in [0.15, 0.2) is 12.5 Å². The quantitative estimate of drug-likeness (QED) is 0.157. The third-order valence-electron chi connectivity index (χ3n) is 4.80. The first kappa shape index (κ1) is 24.7. The zero-order valence-electron chi connectivity index (χ0n) is 17.0. The molecule has 1 aromatic heterocycles. The van der Waals surface area contributed by atoms with Crippen molar-refractivity contribution in [3.63, 3.8) is 0 Å². The number of carbonyl (C=O) groups excluding carboxylic acids is 3. The van der Waals surface area contributed by atoms with Crippen molar-refractivity contribution in [2.45, 2.75) is 49.9 Å². The van der Waals surface area contributed by atoms with Crippen molar-refractivity contribution in [1.29, 1.82) is 0 Å². The molecule has 14 heteroatoms. The molecule has 1 aliphatic rings. The fourth-order valence-electron chi connectivity index (χ4n) is 3.12. The van der Waals surface area contributed by atoms with E-state index in [0.29, 0.717) is 18.7 Å². The number of nitrogens with zero attached hydrogens (tertiary/aromatic N) is 1. The number of carboxylic acid groups (broad SMARTS) is 2. The Bertz CT molecular complexity index is 823. The smallest absolute Gasteiger partial charge is 0.328 e. The van der Waals surface area contributed by atoms with Gasteiger partial charge >= 0.3 is 11.9 Å². The molecular weight excluding hydrogens is 428 g/mol. The Hall–Kier alpha value is -3.52. The average molecular weight is 454 g/mol. The number of aliphatic hydroxyl groups excluding tert-OH is 1. The van der Waals surface area contributed by atoms with E-state index in [1.165, 1.54) is 12.5 Å². The van der Waals surface area contributed by atoms with Crippen LogP contribution < -0.4 is 21.3 Å². The van der Waals surface area contributed by atoms with Gasteiger partial charge in [0.25, 0.3) is 0 Å². The molecule has 176 valence electrons. The number of aromatic nitrogens is 2. The van der Waals surface area contributed by atoms with Crippen LogP contribution in [0.4, 0.5) is 0 Å². The number of hydrogen-bond acceptors (Lipinski definition) is 8. The van der Waals surface area contributed by atoms with Crippen LogP contribution in [-0.4, -0.2) is 92.3 Å². The van der Waals surface area contributed by atoms with Crippen LogP contribution in [0.25, 0.3) is 0 Å². The van der Waals surface area contributed by atoms with E-state index in [1.807, 2.05) is 5.32 Å². The lowest BCUT2D eigenvalue weighted by atomic mass is 10.1. The summed E-state index contributed by atoms with van der Waals surface area (Å²) in [4.78, 5) is 66.6. The summed E-state index contributed by atoms with van der Waals surface area (Å²) in [6, 6.07) is -4.96. The number of aromatic amines is 1. The van der Waals surface area contributed by atoms with E-state index < -0.39 is 66.9 Å². The van der Waals surface area contributed by atoms with Gasteiger partial charge in [-0.15, -0.1) is 0 Å². The van der Waals surface area contributed by atoms with Gasteiger partial charge in [0.1, 0.15) is 18.1 Å². The van der Waals surface area contributed by atoms with Gasteiger partial charge in [-0.05, 0) is 19.4 Å². The zero-order valence-corrected chi connectivity index (χ0v) is 17.0. The molecule has 4 unspecified atom stereocenters. The number of carbonyl (C=O) groups is 5. The highest BCUT2D eigenvalue weighted by molar-refractivity contribution is 5.95. The van der Waals surface area contributed by atoms with Crippen LogP contribution in [0.3, 0.4) is 0 Å². The summed E-state index contributed by atoms with van der Waals surface area (Å²) < 4.78 is 0. The van der Waals surface area contributed by atoms with Crippen LogP contribution in [-0.2, 0) is 30.4 Å². The van der Waals surface area contributed by atoms with Crippen LogP contribution in [0.5, 0.6) is 0 Å². The molecule has 0 bridgehead atoms. The van der Waals surface area contributed by atoms with Crippen LogP contribution in [0, 0.1) is 0 Å². The van der Waals surface area contributed by atoms with Crippen LogP contribution in [0.2, 0.25) is 0 Å². The third kappa shape index (κ3) is 7.31. The van der Waals surface area contributed by atoms with E-state index in [9.17, 15) is 24.0 Å². The van der Waals surface area contributed by atoms with E-state index in [-0.39, 0.29) is 6.42 Å². The minimum atomic E-state index is -1.68. The lowest BCUT2D eigenvalue weighted by molar-refractivity contribution is -0.144. The summed E-state index contributed by atoms with van der Waals surface area (Å²) >= 11 is 0. The minimum Gasteiger partial charge on any atom is -0.481 e. The molecule has 2 heterocycles. The lowest BCUT2D eigenvalue weighted by Crippen LogP contribution is -2.58. The first-order valence-electron chi connectivity index (χ1n) is 9.88. The summed E-state index contributed by atoms with van der Waals surface area (Å²) in [7, 11) is 0. The maximum Gasteiger partial charge on any atom is 0.328 e. The van der Waals surface area contributed by atoms with Gasteiger partial charge in [-0.25, -0.2) is 9.78 Å². The number of rotatable bonds is 12. The Morgan fingerprint density at radius 3 is 2.28 bits per heavy atom. The second kappa shape index (κ2) is 11.8. The topological polar surface area (TPSA) is 223 Å². The predicted molar refractivity (Wildman–Crippen MR) is 106 cm³/mol. The molecule has 1 aromatic rings. The summed E-state index contributed by atoms with van der Waals surface area (Å²) in [6.45, 7) is -0.270. The standard InChI is InChI=1S/C18H26N6O8/c25-7-13(18(31)32)24-17(30)12(5-14(26)27)23-16(29)11(4-9-6-19-8-21-9)22-15(28)10-2-1-3-20-10/h6,8,10-13,20,25H,1-5,7H2,(H,19,21)(H,22,28)(H,23,29)(H,24,30)(H,26,27)(H,31,32). The average Bonchev–Trinajstić information content (AvgIpc) is 3.44. The molecule has 1 saturated heterocycles. The molecule has 0 spiro atoms. The van der Waals surface area contributed by atoms with E-state index in [4.69, 9.17) is 15.3 Å². The maximum absolute atomic E-state index is 12.9. The molecule has 8 N–H and O–H groups in total. The predicted octanol–water partition coefficient (Wildman–Crippen LogP) is -3.29. The van der Waals surface area contributed by atoms with Gasteiger partial charge in [-0.1, -0.05) is 0 Å². The number of amides is 3. The van der Waals surface area contributed by atoms with E-state index in [0.717, 1.165) is 6.42 Å². The third-order valence-corrected chi connectivity index (χ3v) is 4.80. The highest BCUT2D eigenvalue weighted by atomic mass is 16.4. The van der Waals surface area contributed by atoms with Crippen LogP contribution >= 0.6 is 0 Å². The van der Waals surface area contributed by atoms with Crippen molar-refractivity contribution in [2.75, 3.05) is 13.2 Å². The van der Waals surface area contributed by atoms with Crippen molar-refractivity contribution in [1.82, 2.24) is 31.2 Å². The summed E-state index contributed by atoms with van der Waals surface area (Å²) in [6.07, 6.45) is 3.36. The van der Waals surface area contributed by atoms with Crippen molar-refractivity contribution in [3.8, 4) is 0 Å². The summed E-state index contributed by atoms with van der Waals surface area (Å²) in [5.41, 5.74) is 0.510. The van der Waals surface area contributed by atoms with Gasteiger partial charge in [-0.3, -0.25) is 19.2 Å². The maximum atomic E-state index is 12.9. The minimum absolute atomic E-state index is 0.0138. The number of H-pyrrole nitrogens is 1. The molecule has 2 rings (SSSR count). The molecule has 14 nitrogen and oxygen atoms in total. The highest BCUT2D eigenvalue weighted by Crippen LogP contribution is 2.07. The van der Waals surface area contributed by atoms with Gasteiger partial charge in [-0.2, -0.15) is 0 Å². The van der Waals surface area contributed by atoms with Crippen molar-refractivity contribution < 1.29 is 39.3 Å². The number of nitrogens with one attached hydrogen (secondary N) is 5. The molecule has 0 saturated carbocycles. The van der Waals surface area contributed by atoms with Gasteiger partial charge in [0.15, 0.2) is 0 Å². The van der Waals surface area contributed by atoms with Gasteiger partial charge in [0, 0.05) is 18.3 Å². The number of aliphatic hydroxyl groups is 1. The molecule has 0 radical (unpaired) electrons. The first-order valence-corrected chi connectivity index (χ1v) is 9.88. The molecule has 1 fully saturated rings. The van der Waals surface area contributed by atoms with Crippen LogP contribution in [0.1, 0.15) is 25.0 Å². The second-order valence-electron chi connectivity index (χ2n) is 7.23. The fourth-order valence-corrected chi connectivity index (χ4v) is 3.12. The Balaban J connectivity index is 2.14.